The Hall–Kier alpha value is -1.93. The average molecular weight is 348 g/mol. The molecule has 3 fully saturated rings. The topological polar surface area (TPSA) is 96.4 Å². The maximum absolute atomic E-state index is 12.6. The summed E-state index contributed by atoms with van der Waals surface area (Å²) in [6.07, 6.45) is 6.02. The molecule has 1 aromatic heterocycles. The molecule has 0 radical (unpaired) electrons. The molecular formula is C17H24N4O4. The molecule has 0 unspecified atom stereocenters. The molecule has 1 aliphatic carbocycles. The van der Waals surface area contributed by atoms with Gasteiger partial charge in [0.1, 0.15) is 5.56 Å². The number of rotatable bonds is 3. The Morgan fingerprint density at radius 3 is 2.80 bits per heavy atom. The Kier molecular flexibility index (Phi) is 4.24. The van der Waals surface area contributed by atoms with Gasteiger partial charge >= 0.3 is 5.69 Å². The fourth-order valence-electron chi connectivity index (χ4n) is 4.47. The van der Waals surface area contributed by atoms with Gasteiger partial charge in [-0.1, -0.05) is 6.42 Å². The lowest BCUT2D eigenvalue weighted by Gasteiger charge is -2.53. The summed E-state index contributed by atoms with van der Waals surface area (Å²) in [5.41, 5.74) is -1.20. The number of ether oxygens (including phenoxy) is 1. The Balaban J connectivity index is 1.54. The van der Waals surface area contributed by atoms with Gasteiger partial charge in [0, 0.05) is 25.8 Å². The largest absolute Gasteiger partial charge is 0.376 e. The quantitative estimate of drug-likeness (QED) is 0.764. The predicted octanol–water partition coefficient (Wildman–Crippen LogP) is -0.555. The van der Waals surface area contributed by atoms with Crippen molar-refractivity contribution in [2.24, 2.45) is 13.0 Å². The number of aryl methyl sites for hydroxylation is 1. The lowest BCUT2D eigenvalue weighted by atomic mass is 9.70. The van der Waals surface area contributed by atoms with Gasteiger partial charge in [-0.15, -0.1) is 0 Å². The van der Waals surface area contributed by atoms with Gasteiger partial charge in [0.05, 0.1) is 18.2 Å². The van der Waals surface area contributed by atoms with Crippen LogP contribution in [0.5, 0.6) is 0 Å². The van der Waals surface area contributed by atoms with Crippen LogP contribution in [0.15, 0.2) is 15.8 Å². The first-order valence-corrected chi connectivity index (χ1v) is 9.03. The second kappa shape index (κ2) is 6.42. The maximum Gasteiger partial charge on any atom is 0.328 e. The predicted molar refractivity (Wildman–Crippen MR) is 90.6 cm³/mol. The minimum absolute atomic E-state index is 0.00488. The molecule has 0 aromatic carbocycles. The van der Waals surface area contributed by atoms with E-state index < -0.39 is 17.2 Å². The summed E-state index contributed by atoms with van der Waals surface area (Å²) in [4.78, 5) is 40.7. The van der Waals surface area contributed by atoms with E-state index in [4.69, 9.17) is 4.74 Å². The fraction of sp³-hybridized carbons (Fsp3) is 0.706. The van der Waals surface area contributed by atoms with Gasteiger partial charge in [-0.3, -0.25) is 19.5 Å². The van der Waals surface area contributed by atoms with Gasteiger partial charge < -0.3 is 14.6 Å². The molecule has 2 saturated heterocycles. The van der Waals surface area contributed by atoms with Gasteiger partial charge in [0.15, 0.2) is 0 Å². The first-order chi connectivity index (χ1) is 12.1. The summed E-state index contributed by atoms with van der Waals surface area (Å²) in [6.45, 7) is 2.79. The van der Waals surface area contributed by atoms with E-state index >= 15 is 0 Å². The summed E-state index contributed by atoms with van der Waals surface area (Å²) >= 11 is 0. The molecule has 1 aromatic rings. The van der Waals surface area contributed by atoms with Crippen molar-refractivity contribution in [1.82, 2.24) is 19.8 Å². The standard InChI is InChI=1S/C17H24N4O4/c1-20-9-11(16(23)19-17(20)24)15(22)18-12-10-5-8-25-14(10)13(12)21-6-3-2-4-7-21/h9-10,12-14H,2-8H2,1H3,(H,18,22)(H,19,23,24)/t10-,12+,13-,14-/m1/s1. The van der Waals surface area contributed by atoms with Gasteiger partial charge in [0.2, 0.25) is 0 Å². The number of piperidine rings is 1. The SMILES string of the molecule is Cn1cc(C(=O)N[C@H]2[C@H]3CCO[C@H]3[C@@H]2N2CCCCC2)c(=O)[nH]c1=O. The number of hydrogen-bond acceptors (Lipinski definition) is 5. The third-order valence-electron chi connectivity index (χ3n) is 5.81. The second-order valence-electron chi connectivity index (χ2n) is 7.29. The number of aromatic nitrogens is 2. The van der Waals surface area contributed by atoms with Crippen LogP contribution in [0.4, 0.5) is 0 Å². The Morgan fingerprint density at radius 2 is 2.04 bits per heavy atom. The smallest absolute Gasteiger partial charge is 0.328 e. The van der Waals surface area contributed by atoms with E-state index in [-0.39, 0.29) is 23.8 Å². The van der Waals surface area contributed by atoms with Crippen molar-refractivity contribution < 1.29 is 9.53 Å². The average Bonchev–Trinajstić information content (AvgIpc) is 3.00. The molecule has 3 aliphatic rings. The molecule has 4 atom stereocenters. The third kappa shape index (κ3) is 2.83. The highest BCUT2D eigenvalue weighted by Crippen LogP contribution is 2.42. The molecular weight excluding hydrogens is 324 g/mol. The zero-order valence-electron chi connectivity index (χ0n) is 14.4. The van der Waals surface area contributed by atoms with Gasteiger partial charge in [-0.05, 0) is 32.4 Å². The van der Waals surface area contributed by atoms with Crippen molar-refractivity contribution in [1.29, 1.82) is 0 Å². The summed E-state index contributed by atoms with van der Waals surface area (Å²) in [7, 11) is 1.51. The van der Waals surface area contributed by atoms with Crippen LogP contribution in [0.3, 0.4) is 0 Å². The van der Waals surface area contributed by atoms with Crippen LogP contribution in [-0.2, 0) is 11.8 Å². The van der Waals surface area contributed by atoms with Crippen molar-refractivity contribution >= 4 is 5.91 Å². The van der Waals surface area contributed by atoms with Crippen molar-refractivity contribution in [3.63, 3.8) is 0 Å². The Labute approximate surface area is 145 Å². The highest BCUT2D eigenvalue weighted by atomic mass is 16.5. The number of aromatic amines is 1. The summed E-state index contributed by atoms with van der Waals surface area (Å²) in [5.74, 6) is -0.114. The molecule has 8 nitrogen and oxygen atoms in total. The van der Waals surface area contributed by atoms with E-state index in [1.54, 1.807) is 0 Å². The maximum atomic E-state index is 12.6. The summed E-state index contributed by atoms with van der Waals surface area (Å²) in [5, 5.41) is 3.04. The molecule has 4 rings (SSSR count). The number of nitrogens with zero attached hydrogens (tertiary/aromatic N) is 2. The molecule has 25 heavy (non-hydrogen) atoms. The van der Waals surface area contributed by atoms with Crippen LogP contribution in [0, 0.1) is 5.92 Å². The fourth-order valence-corrected chi connectivity index (χ4v) is 4.47. The molecule has 0 bridgehead atoms. The number of carbonyl (C=O) groups is 1. The van der Waals surface area contributed by atoms with Crippen LogP contribution < -0.4 is 16.6 Å². The minimum Gasteiger partial charge on any atom is -0.376 e. The first kappa shape index (κ1) is 16.5. The number of fused-ring (bicyclic) bond motifs is 1. The highest BCUT2D eigenvalue weighted by Gasteiger charge is 2.56. The van der Waals surface area contributed by atoms with Crippen LogP contribution in [0.25, 0.3) is 0 Å². The van der Waals surface area contributed by atoms with Gasteiger partial charge in [-0.25, -0.2) is 4.79 Å². The van der Waals surface area contributed by atoms with E-state index in [1.165, 1.54) is 37.1 Å². The van der Waals surface area contributed by atoms with E-state index in [0.717, 1.165) is 26.1 Å². The van der Waals surface area contributed by atoms with E-state index in [9.17, 15) is 14.4 Å². The van der Waals surface area contributed by atoms with Crippen LogP contribution in [0.2, 0.25) is 0 Å². The van der Waals surface area contributed by atoms with E-state index in [1.807, 2.05) is 0 Å². The van der Waals surface area contributed by atoms with Crippen LogP contribution in [0.1, 0.15) is 36.0 Å². The molecule has 8 heteroatoms. The van der Waals surface area contributed by atoms with Gasteiger partial charge in [0.25, 0.3) is 11.5 Å². The normalized spacial score (nSPS) is 32.0. The number of H-pyrrole nitrogens is 1. The molecule has 2 aliphatic heterocycles. The Morgan fingerprint density at radius 1 is 1.28 bits per heavy atom. The first-order valence-electron chi connectivity index (χ1n) is 9.03. The molecule has 2 N–H and O–H groups in total. The number of carbonyl (C=O) groups excluding carboxylic acids is 1. The van der Waals surface area contributed by atoms with Crippen molar-refractivity contribution in [2.45, 2.75) is 43.9 Å². The van der Waals surface area contributed by atoms with Crippen molar-refractivity contribution in [3.05, 3.63) is 32.6 Å². The zero-order chi connectivity index (χ0) is 17.6. The summed E-state index contributed by atoms with van der Waals surface area (Å²) in [6, 6.07) is 0.179. The van der Waals surface area contributed by atoms with E-state index in [2.05, 4.69) is 15.2 Å². The van der Waals surface area contributed by atoms with Crippen LogP contribution >= 0.6 is 0 Å². The number of nitrogens with one attached hydrogen (secondary N) is 2. The lowest BCUT2D eigenvalue weighted by Crippen LogP contribution is -2.71. The molecule has 3 heterocycles. The van der Waals surface area contributed by atoms with Crippen molar-refractivity contribution in [3.8, 4) is 0 Å². The Bertz CT molecular complexity index is 780. The molecule has 136 valence electrons. The lowest BCUT2D eigenvalue weighted by molar-refractivity contribution is -0.0862. The number of hydrogen-bond donors (Lipinski definition) is 2. The summed E-state index contributed by atoms with van der Waals surface area (Å²) < 4.78 is 7.10. The number of amides is 1. The number of likely N-dealkylation sites (tertiary alicyclic amines) is 1. The highest BCUT2D eigenvalue weighted by molar-refractivity contribution is 5.93. The zero-order valence-corrected chi connectivity index (χ0v) is 14.4. The monoisotopic (exact) mass is 348 g/mol. The third-order valence-corrected chi connectivity index (χ3v) is 5.81. The minimum atomic E-state index is -0.645. The van der Waals surface area contributed by atoms with Crippen molar-refractivity contribution in [2.75, 3.05) is 19.7 Å². The molecule has 1 amide bonds. The molecule has 1 saturated carbocycles. The van der Waals surface area contributed by atoms with E-state index in [0.29, 0.717) is 5.92 Å². The van der Waals surface area contributed by atoms with Gasteiger partial charge in [-0.2, -0.15) is 0 Å². The molecule has 0 spiro atoms. The van der Waals surface area contributed by atoms with Crippen LogP contribution in [-0.4, -0.2) is 58.2 Å². The second-order valence-corrected chi connectivity index (χ2v) is 7.29.